The van der Waals surface area contributed by atoms with Crippen LogP contribution >= 0.6 is 0 Å². The van der Waals surface area contributed by atoms with Gasteiger partial charge in [-0.15, -0.1) is 0 Å². The summed E-state index contributed by atoms with van der Waals surface area (Å²) in [6.45, 7) is 8.03. The predicted molar refractivity (Wildman–Crippen MR) is 97.2 cm³/mol. The second-order valence-corrected chi connectivity index (χ2v) is 9.36. The van der Waals surface area contributed by atoms with Gasteiger partial charge in [-0.1, -0.05) is 0 Å². The standard InChI is InChI=1S/C18H26N2O5S/c1-13(16(21)19-18(2,3)4)25-17(22)14-7-9-15(10-8-14)26(23,24)20-11-5-6-12-20/h7-10,13H,5-6,11-12H2,1-4H3,(H,19,21). The van der Waals surface area contributed by atoms with Crippen molar-refractivity contribution >= 4 is 21.9 Å². The minimum atomic E-state index is -3.52. The van der Waals surface area contributed by atoms with E-state index in [1.165, 1.54) is 35.5 Å². The van der Waals surface area contributed by atoms with E-state index in [4.69, 9.17) is 4.74 Å². The fourth-order valence-corrected chi connectivity index (χ4v) is 4.11. The van der Waals surface area contributed by atoms with E-state index >= 15 is 0 Å². The van der Waals surface area contributed by atoms with Crippen LogP contribution < -0.4 is 5.32 Å². The summed E-state index contributed by atoms with van der Waals surface area (Å²) in [5.74, 6) is -1.06. The number of nitrogens with one attached hydrogen (secondary N) is 1. The highest BCUT2D eigenvalue weighted by Crippen LogP contribution is 2.21. The second-order valence-electron chi connectivity index (χ2n) is 7.42. The van der Waals surface area contributed by atoms with E-state index in [0.717, 1.165) is 12.8 Å². The molecule has 1 amide bonds. The molecule has 1 aromatic carbocycles. The molecule has 144 valence electrons. The third kappa shape index (κ3) is 5.04. The van der Waals surface area contributed by atoms with Gasteiger partial charge in [0.05, 0.1) is 10.5 Å². The van der Waals surface area contributed by atoms with Crippen molar-refractivity contribution in [2.75, 3.05) is 13.1 Å². The van der Waals surface area contributed by atoms with Gasteiger partial charge in [-0.2, -0.15) is 4.31 Å². The molecule has 26 heavy (non-hydrogen) atoms. The zero-order valence-corrected chi connectivity index (χ0v) is 16.4. The van der Waals surface area contributed by atoms with E-state index in [-0.39, 0.29) is 16.4 Å². The molecule has 1 aliphatic heterocycles. The lowest BCUT2D eigenvalue weighted by Gasteiger charge is -2.23. The molecule has 1 saturated heterocycles. The third-order valence-corrected chi connectivity index (χ3v) is 5.86. The molecule has 1 unspecified atom stereocenters. The maximum atomic E-state index is 12.5. The fraction of sp³-hybridized carbons (Fsp3) is 0.556. The minimum Gasteiger partial charge on any atom is -0.449 e. The molecule has 1 N–H and O–H groups in total. The van der Waals surface area contributed by atoms with Gasteiger partial charge < -0.3 is 10.1 Å². The van der Waals surface area contributed by atoms with Crippen LogP contribution in [0.4, 0.5) is 0 Å². The number of amides is 1. The van der Waals surface area contributed by atoms with Crippen LogP contribution in [0.2, 0.25) is 0 Å². The molecule has 0 aromatic heterocycles. The topological polar surface area (TPSA) is 92.8 Å². The summed E-state index contributed by atoms with van der Waals surface area (Å²) in [6, 6.07) is 5.59. The Hall–Kier alpha value is -1.93. The molecule has 0 aliphatic carbocycles. The lowest BCUT2D eigenvalue weighted by Crippen LogP contribution is -2.46. The molecule has 1 atom stereocenters. The van der Waals surface area contributed by atoms with Crippen molar-refractivity contribution in [3.05, 3.63) is 29.8 Å². The van der Waals surface area contributed by atoms with Crippen LogP contribution in [0.1, 0.15) is 50.9 Å². The van der Waals surface area contributed by atoms with Gasteiger partial charge >= 0.3 is 5.97 Å². The van der Waals surface area contributed by atoms with Gasteiger partial charge in [0.2, 0.25) is 10.0 Å². The first-order valence-corrected chi connectivity index (χ1v) is 10.1. The first-order valence-electron chi connectivity index (χ1n) is 8.64. The van der Waals surface area contributed by atoms with Gasteiger partial charge in [0.1, 0.15) is 0 Å². The lowest BCUT2D eigenvalue weighted by molar-refractivity contribution is -0.130. The molecule has 0 spiro atoms. The van der Waals surface area contributed by atoms with Crippen molar-refractivity contribution in [1.82, 2.24) is 9.62 Å². The van der Waals surface area contributed by atoms with Crippen molar-refractivity contribution in [1.29, 1.82) is 0 Å². The highest BCUT2D eigenvalue weighted by molar-refractivity contribution is 7.89. The van der Waals surface area contributed by atoms with E-state index < -0.39 is 27.6 Å². The molecule has 7 nitrogen and oxygen atoms in total. The molecule has 1 heterocycles. The summed E-state index contributed by atoms with van der Waals surface area (Å²) in [5, 5.41) is 2.73. The fourth-order valence-electron chi connectivity index (χ4n) is 2.59. The van der Waals surface area contributed by atoms with Crippen LogP contribution in [-0.2, 0) is 19.6 Å². The van der Waals surface area contributed by atoms with E-state index in [1.807, 2.05) is 20.8 Å². The zero-order valence-electron chi connectivity index (χ0n) is 15.6. The Kier molecular flexibility index (Phi) is 6.08. The van der Waals surface area contributed by atoms with E-state index in [0.29, 0.717) is 13.1 Å². The number of ether oxygens (including phenoxy) is 1. The molecule has 0 bridgehead atoms. The van der Waals surface area contributed by atoms with Crippen molar-refractivity contribution in [3.8, 4) is 0 Å². The van der Waals surface area contributed by atoms with Crippen molar-refractivity contribution < 1.29 is 22.7 Å². The lowest BCUT2D eigenvalue weighted by atomic mass is 10.1. The van der Waals surface area contributed by atoms with Crippen LogP contribution in [0.25, 0.3) is 0 Å². The summed E-state index contributed by atoms with van der Waals surface area (Å²) in [7, 11) is -3.52. The highest BCUT2D eigenvalue weighted by Gasteiger charge is 2.27. The average Bonchev–Trinajstić information content (AvgIpc) is 3.08. The predicted octanol–water partition coefficient (Wildman–Crippen LogP) is 1.93. The number of esters is 1. The Balaban J connectivity index is 2.03. The number of carbonyl (C=O) groups excluding carboxylic acids is 2. The number of benzene rings is 1. The minimum absolute atomic E-state index is 0.148. The Morgan fingerprint density at radius 2 is 1.65 bits per heavy atom. The Bertz CT molecular complexity index is 760. The first-order chi connectivity index (χ1) is 12.0. The molecular formula is C18H26N2O5S. The summed E-state index contributed by atoms with van der Waals surface area (Å²) in [5.41, 5.74) is -0.232. The van der Waals surface area contributed by atoms with Gasteiger partial charge in [-0.05, 0) is 64.8 Å². The molecule has 1 aliphatic rings. The van der Waals surface area contributed by atoms with Gasteiger partial charge in [0, 0.05) is 18.6 Å². The number of sulfonamides is 1. The largest absolute Gasteiger partial charge is 0.449 e. The third-order valence-electron chi connectivity index (χ3n) is 3.94. The summed E-state index contributed by atoms with van der Waals surface area (Å²) < 4.78 is 31.5. The molecule has 0 saturated carbocycles. The highest BCUT2D eigenvalue weighted by atomic mass is 32.2. The molecule has 2 rings (SSSR count). The SMILES string of the molecule is CC(OC(=O)c1ccc(S(=O)(=O)N2CCCC2)cc1)C(=O)NC(C)(C)C. The smallest absolute Gasteiger partial charge is 0.338 e. The number of hydrogen-bond donors (Lipinski definition) is 1. The van der Waals surface area contributed by atoms with Crippen molar-refractivity contribution in [2.24, 2.45) is 0 Å². The molecule has 1 fully saturated rings. The number of rotatable bonds is 5. The maximum Gasteiger partial charge on any atom is 0.338 e. The maximum absolute atomic E-state index is 12.5. The zero-order chi connectivity index (χ0) is 19.5. The van der Waals surface area contributed by atoms with Crippen LogP contribution in [0, 0.1) is 0 Å². The second kappa shape index (κ2) is 7.75. The Morgan fingerprint density at radius 3 is 2.15 bits per heavy atom. The van der Waals surface area contributed by atoms with Crippen LogP contribution in [0.5, 0.6) is 0 Å². The molecular weight excluding hydrogens is 356 g/mol. The average molecular weight is 382 g/mol. The van der Waals surface area contributed by atoms with Gasteiger partial charge in [0.25, 0.3) is 5.91 Å². The summed E-state index contributed by atoms with van der Waals surface area (Å²) in [6.07, 6.45) is 0.769. The van der Waals surface area contributed by atoms with Crippen LogP contribution in [-0.4, -0.2) is 49.3 Å². The van der Waals surface area contributed by atoms with Crippen molar-refractivity contribution in [2.45, 2.75) is 57.1 Å². The molecule has 1 aromatic rings. The summed E-state index contributed by atoms with van der Waals surface area (Å²) >= 11 is 0. The number of carbonyl (C=O) groups is 2. The van der Waals surface area contributed by atoms with Gasteiger partial charge in [0.15, 0.2) is 6.10 Å². The number of hydrogen-bond acceptors (Lipinski definition) is 5. The van der Waals surface area contributed by atoms with E-state index in [9.17, 15) is 18.0 Å². The van der Waals surface area contributed by atoms with Gasteiger partial charge in [-0.25, -0.2) is 13.2 Å². The quantitative estimate of drug-likeness (QED) is 0.786. The van der Waals surface area contributed by atoms with Crippen molar-refractivity contribution in [3.63, 3.8) is 0 Å². The van der Waals surface area contributed by atoms with Crippen LogP contribution in [0.3, 0.4) is 0 Å². The molecule has 8 heteroatoms. The Morgan fingerprint density at radius 1 is 1.12 bits per heavy atom. The molecule has 0 radical (unpaired) electrons. The van der Waals surface area contributed by atoms with Crippen LogP contribution in [0.15, 0.2) is 29.2 Å². The summed E-state index contributed by atoms with van der Waals surface area (Å²) in [4.78, 5) is 24.3. The normalized spacial score (nSPS) is 16.9. The van der Waals surface area contributed by atoms with E-state index in [1.54, 1.807) is 0 Å². The monoisotopic (exact) mass is 382 g/mol. The first kappa shape index (κ1) is 20.4. The number of nitrogens with zero attached hydrogens (tertiary/aromatic N) is 1. The van der Waals surface area contributed by atoms with Gasteiger partial charge in [-0.3, -0.25) is 4.79 Å². The van der Waals surface area contributed by atoms with E-state index in [2.05, 4.69) is 5.32 Å². The Labute approximate surface area is 154 Å².